The molecular formula is C11H19NOS. The van der Waals surface area contributed by atoms with Gasteiger partial charge in [0, 0.05) is 0 Å². The summed E-state index contributed by atoms with van der Waals surface area (Å²) in [6.07, 6.45) is 8.93. The van der Waals surface area contributed by atoms with E-state index in [0.29, 0.717) is 0 Å². The van der Waals surface area contributed by atoms with E-state index in [-0.39, 0.29) is 4.75 Å². The highest BCUT2D eigenvalue weighted by molar-refractivity contribution is 7.84. The normalized spacial score (nSPS) is 53.1. The minimum Gasteiger partial charge on any atom is -0.251 e. The van der Waals surface area contributed by atoms with Gasteiger partial charge in [0.15, 0.2) is 0 Å². The molecule has 4 aliphatic carbocycles. The third-order valence-corrected chi connectivity index (χ3v) is 6.15. The Bertz CT molecular complexity index is 264. The Labute approximate surface area is 88.2 Å². The van der Waals surface area contributed by atoms with Crippen molar-refractivity contribution >= 4 is 11.0 Å². The van der Waals surface area contributed by atoms with Crippen LogP contribution in [0.4, 0.5) is 0 Å². The van der Waals surface area contributed by atoms with Crippen molar-refractivity contribution in [2.45, 2.75) is 49.7 Å². The lowest BCUT2D eigenvalue weighted by molar-refractivity contribution is 0.144. The summed E-state index contributed by atoms with van der Waals surface area (Å²) in [5, 5.41) is 5.73. The van der Waals surface area contributed by atoms with E-state index in [4.69, 9.17) is 5.14 Å². The molecule has 2 unspecified atom stereocenters. The van der Waals surface area contributed by atoms with Gasteiger partial charge >= 0.3 is 0 Å². The maximum Gasteiger partial charge on any atom is 0.0951 e. The molecule has 4 bridgehead atoms. The van der Waals surface area contributed by atoms with Crippen molar-refractivity contribution in [1.29, 1.82) is 0 Å². The largest absolute Gasteiger partial charge is 0.251 e. The first-order valence-corrected chi connectivity index (χ1v) is 7.05. The molecule has 3 atom stereocenters. The van der Waals surface area contributed by atoms with Crippen LogP contribution in [0.25, 0.3) is 0 Å². The van der Waals surface area contributed by atoms with E-state index in [2.05, 4.69) is 0 Å². The highest BCUT2D eigenvalue weighted by atomic mass is 32.2. The van der Waals surface area contributed by atoms with Crippen molar-refractivity contribution in [3.63, 3.8) is 0 Å². The lowest BCUT2D eigenvalue weighted by Crippen LogP contribution is -2.45. The average molecular weight is 213 g/mol. The van der Waals surface area contributed by atoms with Crippen LogP contribution in [0.15, 0.2) is 0 Å². The van der Waals surface area contributed by atoms with E-state index in [9.17, 15) is 4.21 Å². The molecule has 4 fully saturated rings. The van der Waals surface area contributed by atoms with Gasteiger partial charge < -0.3 is 0 Å². The van der Waals surface area contributed by atoms with Crippen LogP contribution >= 0.6 is 0 Å². The highest BCUT2D eigenvalue weighted by Crippen LogP contribution is 2.54. The zero-order valence-electron chi connectivity index (χ0n) is 8.58. The van der Waals surface area contributed by atoms with E-state index < -0.39 is 11.0 Å². The Morgan fingerprint density at radius 2 is 1.64 bits per heavy atom. The van der Waals surface area contributed by atoms with Crippen LogP contribution in [0, 0.1) is 17.8 Å². The molecule has 2 N–H and O–H groups in total. The van der Waals surface area contributed by atoms with Crippen molar-refractivity contribution in [2.24, 2.45) is 22.9 Å². The van der Waals surface area contributed by atoms with Crippen molar-refractivity contribution in [3.05, 3.63) is 0 Å². The van der Waals surface area contributed by atoms with Crippen molar-refractivity contribution in [2.75, 3.05) is 0 Å². The van der Waals surface area contributed by atoms with Gasteiger partial charge in [-0.15, -0.1) is 0 Å². The lowest BCUT2D eigenvalue weighted by Gasteiger charge is -2.43. The molecule has 0 aromatic rings. The quantitative estimate of drug-likeness (QED) is 0.711. The van der Waals surface area contributed by atoms with Gasteiger partial charge in [-0.3, -0.25) is 5.14 Å². The molecule has 0 saturated heterocycles. The van der Waals surface area contributed by atoms with Crippen molar-refractivity contribution in [3.8, 4) is 0 Å². The number of rotatable bonds is 1. The Hall–Kier alpha value is 0.110. The zero-order valence-corrected chi connectivity index (χ0v) is 9.39. The third-order valence-electron chi connectivity index (χ3n) is 4.76. The van der Waals surface area contributed by atoms with Gasteiger partial charge in [0.1, 0.15) is 0 Å². The molecule has 4 saturated carbocycles. The fraction of sp³-hybridized carbons (Fsp3) is 1.00. The average Bonchev–Trinajstić information content (AvgIpc) is 2.31. The smallest absolute Gasteiger partial charge is 0.0951 e. The summed E-state index contributed by atoms with van der Waals surface area (Å²) in [7, 11) is -1.09. The van der Waals surface area contributed by atoms with Crippen LogP contribution in [0.3, 0.4) is 0 Å². The second-order valence-corrected chi connectivity index (χ2v) is 7.19. The monoisotopic (exact) mass is 213 g/mol. The molecule has 80 valence electrons. The minimum atomic E-state index is -1.09. The number of hydrogen-bond acceptors (Lipinski definition) is 1. The first-order valence-electron chi connectivity index (χ1n) is 5.84. The lowest BCUT2D eigenvalue weighted by atomic mass is 9.67. The molecule has 0 heterocycles. The van der Waals surface area contributed by atoms with Crippen LogP contribution in [0.1, 0.15) is 44.9 Å². The molecule has 0 aromatic heterocycles. The number of hydrogen-bond donors (Lipinski definition) is 1. The predicted octanol–water partition coefficient (Wildman–Crippen LogP) is 1.97. The highest BCUT2D eigenvalue weighted by Gasteiger charge is 2.50. The van der Waals surface area contributed by atoms with E-state index in [0.717, 1.165) is 37.0 Å². The van der Waals surface area contributed by atoms with Gasteiger partial charge in [-0.2, -0.15) is 0 Å². The molecule has 3 heteroatoms. The number of nitrogens with two attached hydrogens (primary N) is 1. The van der Waals surface area contributed by atoms with E-state index >= 15 is 0 Å². The van der Waals surface area contributed by atoms with Crippen LogP contribution in [-0.4, -0.2) is 8.96 Å². The summed E-state index contributed by atoms with van der Waals surface area (Å²) < 4.78 is 11.8. The van der Waals surface area contributed by atoms with Crippen LogP contribution in [-0.2, 0) is 11.0 Å². The number of fused-ring (bicyclic) bond motifs is 1. The van der Waals surface area contributed by atoms with Gasteiger partial charge in [0.2, 0.25) is 0 Å². The molecule has 0 spiro atoms. The van der Waals surface area contributed by atoms with Gasteiger partial charge in [0.25, 0.3) is 0 Å². The van der Waals surface area contributed by atoms with Gasteiger partial charge in [-0.25, -0.2) is 4.21 Å². The predicted molar refractivity (Wildman–Crippen MR) is 57.8 cm³/mol. The fourth-order valence-electron chi connectivity index (χ4n) is 4.34. The van der Waals surface area contributed by atoms with Crippen LogP contribution in [0.2, 0.25) is 0 Å². The Balaban J connectivity index is 1.97. The second-order valence-electron chi connectivity index (χ2n) is 5.73. The third kappa shape index (κ3) is 1.28. The van der Waals surface area contributed by atoms with E-state index in [1.807, 2.05) is 0 Å². The molecule has 0 radical (unpaired) electrons. The molecule has 4 aliphatic rings. The molecule has 0 aliphatic heterocycles. The molecular weight excluding hydrogens is 194 g/mol. The summed E-state index contributed by atoms with van der Waals surface area (Å²) in [5.74, 6) is 2.64. The molecule has 4 rings (SSSR count). The summed E-state index contributed by atoms with van der Waals surface area (Å²) in [5.41, 5.74) is 0. The maximum absolute atomic E-state index is 11.7. The molecule has 2 nitrogen and oxygen atoms in total. The van der Waals surface area contributed by atoms with Crippen molar-refractivity contribution in [1.82, 2.24) is 0 Å². The Morgan fingerprint density at radius 1 is 1.07 bits per heavy atom. The fourth-order valence-corrected chi connectivity index (χ4v) is 5.46. The first kappa shape index (κ1) is 9.34. The van der Waals surface area contributed by atoms with Gasteiger partial charge in [0.05, 0.1) is 15.7 Å². The van der Waals surface area contributed by atoms with Gasteiger partial charge in [-0.1, -0.05) is 0 Å². The Kier molecular flexibility index (Phi) is 2.04. The van der Waals surface area contributed by atoms with Crippen molar-refractivity contribution < 1.29 is 4.21 Å². The summed E-state index contributed by atoms with van der Waals surface area (Å²) in [6.45, 7) is 0. The molecule has 0 aromatic carbocycles. The SMILES string of the molecule is N[S@@](=O)C12CCC3CC(CC(C3)C1)C2. The standard InChI is InChI=1S/C11H19NOS/c12-14(13)11-2-1-8-3-9(6-11)5-10(4-8)7-11/h8-10H,1-7,12H2/t8?,9?,10?,11?,14-/m0/s1. The molecule has 0 amide bonds. The van der Waals surface area contributed by atoms with Gasteiger partial charge in [-0.05, 0) is 62.7 Å². The molecule has 14 heavy (non-hydrogen) atoms. The summed E-state index contributed by atoms with van der Waals surface area (Å²) >= 11 is 0. The van der Waals surface area contributed by atoms with Crippen LogP contribution < -0.4 is 5.14 Å². The van der Waals surface area contributed by atoms with E-state index in [1.165, 1.54) is 25.7 Å². The zero-order chi connectivity index (χ0) is 9.76. The minimum absolute atomic E-state index is 0.0266. The van der Waals surface area contributed by atoms with Crippen LogP contribution in [0.5, 0.6) is 0 Å². The Morgan fingerprint density at radius 3 is 2.21 bits per heavy atom. The first-order chi connectivity index (χ1) is 6.68. The summed E-state index contributed by atoms with van der Waals surface area (Å²) in [4.78, 5) is 0. The maximum atomic E-state index is 11.7. The van der Waals surface area contributed by atoms with E-state index in [1.54, 1.807) is 0 Å². The topological polar surface area (TPSA) is 43.1 Å². The second kappa shape index (κ2) is 3.05. The summed E-state index contributed by atoms with van der Waals surface area (Å²) in [6, 6.07) is 0.